The highest BCUT2D eigenvalue weighted by Gasteiger charge is 2.27. The van der Waals surface area contributed by atoms with E-state index in [9.17, 15) is 0 Å². The van der Waals surface area contributed by atoms with Crippen LogP contribution in [0.1, 0.15) is 33.9 Å². The molecule has 2 nitrogen and oxygen atoms in total. The Hall–Kier alpha value is -2.52. The molecule has 0 fully saturated rings. The fraction of sp³-hybridized carbons (Fsp3) is 0.231. The number of nitrogens with zero attached hydrogens (tertiary/aromatic N) is 1. The Kier molecular flexibility index (Phi) is 5.51. The zero-order chi connectivity index (χ0) is 20.5. The summed E-state index contributed by atoms with van der Waals surface area (Å²) >= 11 is 3.64. The van der Waals surface area contributed by atoms with Crippen LogP contribution in [0.3, 0.4) is 0 Å². The van der Waals surface area contributed by atoms with E-state index in [0.717, 1.165) is 16.7 Å². The molecule has 1 N–H and O–H groups in total. The Morgan fingerprint density at radius 3 is 2.24 bits per heavy atom. The van der Waals surface area contributed by atoms with Gasteiger partial charge in [-0.05, 0) is 98.0 Å². The largest absolute Gasteiger partial charge is 0.358 e. The number of aryl methyl sites for hydroxylation is 4. The van der Waals surface area contributed by atoms with Crippen molar-refractivity contribution in [1.82, 2.24) is 0 Å². The van der Waals surface area contributed by atoms with Gasteiger partial charge in [0.25, 0.3) is 0 Å². The summed E-state index contributed by atoms with van der Waals surface area (Å²) in [4.78, 5) is 2.47. The number of anilines is 2. The van der Waals surface area contributed by atoms with Crippen molar-refractivity contribution in [2.24, 2.45) is 0 Å². The zero-order valence-corrected chi connectivity index (χ0v) is 19.0. The van der Waals surface area contributed by atoms with Crippen LogP contribution in [0.4, 0.5) is 11.4 Å². The minimum Gasteiger partial charge on any atom is -0.358 e. The van der Waals surface area contributed by atoms with Crippen molar-refractivity contribution in [1.29, 1.82) is 0 Å². The summed E-state index contributed by atoms with van der Waals surface area (Å²) in [6.45, 7) is 9.52. The maximum atomic E-state index is 3.66. The highest BCUT2D eigenvalue weighted by molar-refractivity contribution is 9.10. The molecule has 148 valence electrons. The summed E-state index contributed by atoms with van der Waals surface area (Å²) in [5.41, 5.74) is 10.2. The van der Waals surface area contributed by atoms with Crippen molar-refractivity contribution in [2.45, 2.75) is 33.7 Å². The van der Waals surface area contributed by atoms with Crippen molar-refractivity contribution >= 4 is 27.3 Å². The molecule has 1 aliphatic heterocycles. The number of halogens is 1. The first-order valence-corrected chi connectivity index (χ1v) is 10.8. The molecule has 0 aromatic heterocycles. The molecule has 1 aliphatic rings. The van der Waals surface area contributed by atoms with Gasteiger partial charge in [-0.25, -0.2) is 0 Å². The smallest absolute Gasteiger partial charge is 0.0751 e. The van der Waals surface area contributed by atoms with Gasteiger partial charge in [0.05, 0.1) is 12.6 Å². The van der Waals surface area contributed by atoms with Crippen LogP contribution in [-0.4, -0.2) is 6.54 Å². The summed E-state index contributed by atoms with van der Waals surface area (Å²) < 4.78 is 1.11. The Morgan fingerprint density at radius 1 is 0.828 bits per heavy atom. The van der Waals surface area contributed by atoms with Crippen molar-refractivity contribution < 1.29 is 0 Å². The van der Waals surface area contributed by atoms with Crippen LogP contribution in [-0.2, 0) is 0 Å². The molecule has 0 saturated heterocycles. The van der Waals surface area contributed by atoms with E-state index < -0.39 is 0 Å². The summed E-state index contributed by atoms with van der Waals surface area (Å²) in [5.74, 6) is 0. The van der Waals surface area contributed by atoms with Crippen molar-refractivity contribution in [2.75, 3.05) is 16.8 Å². The Balaban J connectivity index is 1.69. The predicted molar refractivity (Wildman–Crippen MR) is 128 cm³/mol. The summed E-state index contributed by atoms with van der Waals surface area (Å²) in [5, 5.41) is 3.66. The molecule has 1 atom stereocenters. The van der Waals surface area contributed by atoms with Gasteiger partial charge in [-0.15, -0.1) is 0 Å². The number of nitrogens with one attached hydrogen (secondary N) is 1. The van der Waals surface area contributed by atoms with E-state index in [4.69, 9.17) is 0 Å². The lowest BCUT2D eigenvalue weighted by Gasteiger charge is -2.28. The summed E-state index contributed by atoms with van der Waals surface area (Å²) in [7, 11) is 0. The first kappa shape index (κ1) is 19.8. The number of benzene rings is 3. The summed E-state index contributed by atoms with van der Waals surface area (Å²) in [6.07, 6.45) is 2.35. The molecule has 0 aliphatic carbocycles. The van der Waals surface area contributed by atoms with Gasteiger partial charge < -0.3 is 10.2 Å². The van der Waals surface area contributed by atoms with Gasteiger partial charge in [-0.2, -0.15) is 0 Å². The van der Waals surface area contributed by atoms with Gasteiger partial charge in [-0.1, -0.05) is 40.2 Å². The fourth-order valence-corrected chi connectivity index (χ4v) is 4.24. The molecular weight excluding hydrogens is 420 g/mol. The number of hydrogen-bond donors (Lipinski definition) is 1. The standard InChI is InChI=1S/C26H27BrN2/c1-17-8-10-23(12-19(17)3)28-24-15-26(21-6-5-7-22(27)14-21)29(16-24)25-11-9-18(2)20(4)13-25/h5-15,26,28H,16H2,1-4H3/t26-/m0/s1. The fourth-order valence-electron chi connectivity index (χ4n) is 3.82. The van der Waals surface area contributed by atoms with Crippen molar-refractivity contribution in [3.8, 4) is 0 Å². The first-order chi connectivity index (χ1) is 13.9. The topological polar surface area (TPSA) is 15.3 Å². The van der Waals surface area contributed by atoms with Crippen LogP contribution in [0.15, 0.2) is 76.9 Å². The predicted octanol–water partition coefficient (Wildman–Crippen LogP) is 7.24. The average molecular weight is 447 g/mol. The molecule has 3 aromatic rings. The lowest BCUT2D eigenvalue weighted by atomic mass is 10.0. The molecule has 3 aromatic carbocycles. The quantitative estimate of drug-likeness (QED) is 0.454. The van der Waals surface area contributed by atoms with Gasteiger partial charge in [0.1, 0.15) is 0 Å². The normalized spacial score (nSPS) is 16.1. The average Bonchev–Trinajstić information content (AvgIpc) is 3.11. The summed E-state index contributed by atoms with van der Waals surface area (Å²) in [6, 6.07) is 22.1. The van der Waals surface area contributed by atoms with E-state index >= 15 is 0 Å². The molecule has 0 amide bonds. The third-order valence-corrected chi connectivity index (χ3v) is 6.35. The first-order valence-electron chi connectivity index (χ1n) is 10.0. The minimum absolute atomic E-state index is 0.198. The lowest BCUT2D eigenvalue weighted by molar-refractivity contribution is 0.809. The zero-order valence-electron chi connectivity index (χ0n) is 17.5. The lowest BCUT2D eigenvalue weighted by Crippen LogP contribution is -2.25. The van der Waals surface area contributed by atoms with Gasteiger partial charge in [0.2, 0.25) is 0 Å². The molecular formula is C26H27BrN2. The van der Waals surface area contributed by atoms with E-state index in [0.29, 0.717) is 0 Å². The minimum atomic E-state index is 0.198. The third kappa shape index (κ3) is 4.25. The Labute approximate surface area is 182 Å². The van der Waals surface area contributed by atoms with Crippen LogP contribution in [0.2, 0.25) is 0 Å². The van der Waals surface area contributed by atoms with E-state index in [1.54, 1.807) is 0 Å². The van der Waals surface area contributed by atoms with Crippen LogP contribution < -0.4 is 10.2 Å². The molecule has 0 radical (unpaired) electrons. The molecule has 0 unspecified atom stereocenters. The molecule has 0 bridgehead atoms. The van der Waals surface area contributed by atoms with E-state index in [-0.39, 0.29) is 6.04 Å². The second-order valence-electron chi connectivity index (χ2n) is 8.01. The highest BCUT2D eigenvalue weighted by Crippen LogP contribution is 2.36. The molecule has 29 heavy (non-hydrogen) atoms. The van der Waals surface area contributed by atoms with Gasteiger partial charge in [0.15, 0.2) is 0 Å². The van der Waals surface area contributed by atoms with Crippen LogP contribution in [0.25, 0.3) is 0 Å². The SMILES string of the molecule is Cc1ccc(NC2=C[C@@H](c3cccc(Br)c3)N(c3ccc(C)c(C)c3)C2)cc1C. The highest BCUT2D eigenvalue weighted by atomic mass is 79.9. The second-order valence-corrected chi connectivity index (χ2v) is 8.93. The third-order valence-electron chi connectivity index (χ3n) is 5.86. The molecule has 1 heterocycles. The molecule has 3 heteroatoms. The van der Waals surface area contributed by atoms with Crippen LogP contribution in [0.5, 0.6) is 0 Å². The number of hydrogen-bond acceptors (Lipinski definition) is 2. The van der Waals surface area contributed by atoms with Crippen LogP contribution in [0, 0.1) is 27.7 Å². The van der Waals surface area contributed by atoms with Crippen LogP contribution >= 0.6 is 15.9 Å². The van der Waals surface area contributed by atoms with E-state index in [1.165, 1.54) is 39.2 Å². The molecule has 4 rings (SSSR count). The number of rotatable bonds is 4. The molecule has 0 saturated carbocycles. The molecule has 0 spiro atoms. The van der Waals surface area contributed by atoms with Gasteiger partial charge in [0, 0.05) is 21.5 Å². The van der Waals surface area contributed by atoms with E-state index in [1.807, 2.05) is 0 Å². The van der Waals surface area contributed by atoms with Gasteiger partial charge in [-0.3, -0.25) is 0 Å². The van der Waals surface area contributed by atoms with Crippen molar-refractivity contribution in [3.05, 3.63) is 105 Å². The second kappa shape index (κ2) is 8.08. The Bertz CT molecular complexity index is 1080. The van der Waals surface area contributed by atoms with E-state index in [2.05, 4.69) is 121 Å². The Morgan fingerprint density at radius 2 is 1.55 bits per heavy atom. The van der Waals surface area contributed by atoms with Crippen molar-refractivity contribution in [3.63, 3.8) is 0 Å². The monoisotopic (exact) mass is 446 g/mol. The maximum Gasteiger partial charge on any atom is 0.0751 e. The maximum absolute atomic E-state index is 3.66. The van der Waals surface area contributed by atoms with Gasteiger partial charge >= 0.3 is 0 Å².